The summed E-state index contributed by atoms with van der Waals surface area (Å²) in [7, 11) is 0. The Morgan fingerprint density at radius 3 is 2.68 bits per heavy atom. The number of aliphatic carboxylic acids is 1. The van der Waals surface area contributed by atoms with Crippen LogP contribution >= 0.6 is 0 Å². The van der Waals surface area contributed by atoms with Crippen molar-refractivity contribution in [1.82, 2.24) is 5.32 Å². The Morgan fingerprint density at radius 2 is 1.92 bits per heavy atom. The summed E-state index contributed by atoms with van der Waals surface area (Å²) < 4.78 is 11.3. The average molecular weight is 341 g/mol. The van der Waals surface area contributed by atoms with Crippen LogP contribution in [0.2, 0.25) is 0 Å². The van der Waals surface area contributed by atoms with Crippen molar-refractivity contribution in [2.45, 2.75) is 18.4 Å². The quantitative estimate of drug-likeness (QED) is 0.785. The number of carbonyl (C=O) groups excluding carboxylic acids is 1. The highest BCUT2D eigenvalue weighted by Gasteiger charge is 2.70. The first kappa shape index (κ1) is 15.9. The summed E-state index contributed by atoms with van der Waals surface area (Å²) in [5.41, 5.74) is -1.82. The third-order valence-electron chi connectivity index (χ3n) is 5.13. The van der Waals surface area contributed by atoms with E-state index in [1.165, 1.54) is 0 Å². The Bertz CT molecular complexity index is 835. The Morgan fingerprint density at radius 1 is 1.16 bits per heavy atom. The van der Waals surface area contributed by atoms with Crippen molar-refractivity contribution in [2.75, 3.05) is 19.8 Å². The minimum absolute atomic E-state index is 0.113. The predicted molar refractivity (Wildman–Crippen MR) is 90.4 cm³/mol. The number of nitrogens with one attached hydrogen (secondary N) is 1. The van der Waals surface area contributed by atoms with E-state index in [0.717, 1.165) is 16.5 Å². The Hall–Kier alpha value is -2.60. The molecule has 25 heavy (non-hydrogen) atoms. The molecule has 2 aromatic carbocycles. The van der Waals surface area contributed by atoms with Gasteiger partial charge in [-0.15, -0.1) is 0 Å². The van der Waals surface area contributed by atoms with Gasteiger partial charge in [0.2, 0.25) is 0 Å². The van der Waals surface area contributed by atoms with Crippen LogP contribution in [0, 0.1) is 5.41 Å². The third kappa shape index (κ3) is 2.53. The van der Waals surface area contributed by atoms with Crippen LogP contribution in [0.4, 0.5) is 0 Å². The molecule has 3 aliphatic rings. The van der Waals surface area contributed by atoms with E-state index in [1.54, 1.807) is 0 Å². The molecule has 2 N–H and O–H groups in total. The zero-order chi connectivity index (χ0) is 17.5. The number of hydrogen-bond donors (Lipinski definition) is 2. The molecule has 2 bridgehead atoms. The second-order valence-corrected chi connectivity index (χ2v) is 6.80. The lowest BCUT2D eigenvalue weighted by molar-refractivity contribution is -0.158. The number of carboxylic acid groups (broad SMARTS) is 1. The number of hydrogen-bond acceptors (Lipinski definition) is 4. The molecule has 130 valence electrons. The maximum Gasteiger partial charge on any atom is 0.312 e. The van der Waals surface area contributed by atoms with Gasteiger partial charge in [-0.1, -0.05) is 36.4 Å². The van der Waals surface area contributed by atoms with Crippen LogP contribution in [-0.2, 0) is 14.3 Å². The molecule has 3 fully saturated rings. The van der Waals surface area contributed by atoms with Crippen LogP contribution in [0.25, 0.3) is 10.8 Å². The molecule has 0 unspecified atom stereocenters. The third-order valence-corrected chi connectivity index (χ3v) is 5.13. The van der Waals surface area contributed by atoms with Gasteiger partial charge >= 0.3 is 5.97 Å². The molecule has 2 heterocycles. The van der Waals surface area contributed by atoms with Gasteiger partial charge in [-0.05, 0) is 11.5 Å². The highest BCUT2D eigenvalue weighted by molar-refractivity contribution is 5.92. The number of amides is 1. The minimum Gasteiger partial charge on any atom is -0.491 e. The molecular weight excluding hydrogens is 322 g/mol. The molecular formula is C19H19NO5. The van der Waals surface area contributed by atoms with Crippen LogP contribution in [0.3, 0.4) is 0 Å². The zero-order valence-electron chi connectivity index (χ0n) is 13.7. The molecule has 1 saturated carbocycles. The maximum atomic E-state index is 12.3. The van der Waals surface area contributed by atoms with E-state index in [1.807, 2.05) is 42.5 Å². The molecule has 0 aromatic heterocycles. The molecule has 6 nitrogen and oxygen atoms in total. The zero-order valence-corrected chi connectivity index (χ0v) is 13.7. The van der Waals surface area contributed by atoms with E-state index in [-0.39, 0.29) is 25.4 Å². The number of ether oxygens (including phenoxy) is 2. The van der Waals surface area contributed by atoms with Gasteiger partial charge in [-0.2, -0.15) is 0 Å². The summed E-state index contributed by atoms with van der Waals surface area (Å²) in [6, 6.07) is 13.8. The highest BCUT2D eigenvalue weighted by atomic mass is 16.5. The first-order valence-corrected chi connectivity index (χ1v) is 8.31. The van der Waals surface area contributed by atoms with Crippen molar-refractivity contribution in [3.8, 4) is 5.75 Å². The minimum atomic E-state index is -0.960. The molecule has 5 rings (SSSR count). The molecule has 1 amide bonds. The molecule has 1 aliphatic carbocycles. The summed E-state index contributed by atoms with van der Waals surface area (Å²) in [5.74, 6) is -0.354. The van der Waals surface area contributed by atoms with Gasteiger partial charge in [0, 0.05) is 18.2 Å². The van der Waals surface area contributed by atoms with Crippen LogP contribution in [0.15, 0.2) is 42.5 Å². The van der Waals surface area contributed by atoms with Crippen molar-refractivity contribution in [2.24, 2.45) is 5.41 Å². The lowest BCUT2D eigenvalue weighted by Gasteiger charge is -2.40. The van der Waals surface area contributed by atoms with Crippen LogP contribution in [0.1, 0.15) is 12.8 Å². The second kappa shape index (κ2) is 5.74. The monoisotopic (exact) mass is 341 g/mol. The second-order valence-electron chi connectivity index (χ2n) is 6.80. The standard InChI is InChI=1S/C19H19NO5/c21-16(19-10-18(11-19,12-25-19)17(22)23)20-8-9-24-15-7-3-5-13-4-1-2-6-14(13)15/h1-7H,8-12H2,(H,20,21)(H,22,23). The number of fused-ring (bicyclic) bond motifs is 2. The lowest BCUT2D eigenvalue weighted by Crippen LogP contribution is -2.57. The fourth-order valence-electron chi connectivity index (χ4n) is 3.77. The summed E-state index contributed by atoms with van der Waals surface area (Å²) in [6.07, 6.45) is 0.511. The number of carbonyl (C=O) groups is 2. The summed E-state index contributed by atoms with van der Waals surface area (Å²) >= 11 is 0. The SMILES string of the molecule is O=C(O)C12COC(C(=O)NCCOc3cccc4ccccc34)(C1)C2. The average Bonchev–Trinajstić information content (AvgIpc) is 3.17. The van der Waals surface area contributed by atoms with E-state index in [4.69, 9.17) is 9.47 Å². The first-order valence-electron chi connectivity index (χ1n) is 8.31. The topological polar surface area (TPSA) is 84.9 Å². The normalized spacial score (nSPS) is 26.9. The van der Waals surface area contributed by atoms with E-state index >= 15 is 0 Å². The molecule has 2 aromatic rings. The van der Waals surface area contributed by atoms with E-state index < -0.39 is 17.0 Å². The molecule has 6 heteroatoms. The summed E-state index contributed by atoms with van der Waals surface area (Å²) in [5, 5.41) is 14.1. The van der Waals surface area contributed by atoms with Gasteiger partial charge in [0.25, 0.3) is 5.91 Å². The number of carboxylic acids is 1. The van der Waals surface area contributed by atoms with E-state index in [9.17, 15) is 14.7 Å². The van der Waals surface area contributed by atoms with E-state index in [0.29, 0.717) is 13.2 Å². The van der Waals surface area contributed by atoms with Gasteiger partial charge in [-0.3, -0.25) is 9.59 Å². The van der Waals surface area contributed by atoms with E-state index in [2.05, 4.69) is 5.32 Å². The predicted octanol–water partition coefficient (Wildman–Crippen LogP) is 1.97. The summed E-state index contributed by atoms with van der Waals surface area (Å²) in [6.45, 7) is 0.787. The highest BCUT2D eigenvalue weighted by Crippen LogP contribution is 2.58. The number of benzene rings is 2. The van der Waals surface area contributed by atoms with Crippen LogP contribution in [0.5, 0.6) is 5.75 Å². The van der Waals surface area contributed by atoms with Gasteiger partial charge in [-0.25, -0.2) is 0 Å². The molecule has 2 saturated heterocycles. The lowest BCUT2D eigenvalue weighted by atomic mass is 9.62. The van der Waals surface area contributed by atoms with Crippen molar-refractivity contribution in [3.63, 3.8) is 0 Å². The fraction of sp³-hybridized carbons (Fsp3) is 0.368. The van der Waals surface area contributed by atoms with Crippen molar-refractivity contribution < 1.29 is 24.2 Å². The Balaban J connectivity index is 1.30. The van der Waals surface area contributed by atoms with Crippen LogP contribution in [-0.4, -0.2) is 42.3 Å². The molecule has 0 atom stereocenters. The van der Waals surface area contributed by atoms with Gasteiger partial charge in [0.1, 0.15) is 18.0 Å². The smallest absolute Gasteiger partial charge is 0.312 e. The maximum absolute atomic E-state index is 12.3. The van der Waals surface area contributed by atoms with Crippen LogP contribution < -0.4 is 10.1 Å². The Kier molecular flexibility index (Phi) is 3.65. The van der Waals surface area contributed by atoms with Crippen molar-refractivity contribution in [3.05, 3.63) is 42.5 Å². The molecule has 0 spiro atoms. The van der Waals surface area contributed by atoms with Crippen molar-refractivity contribution >= 4 is 22.6 Å². The first-order chi connectivity index (χ1) is 12.0. The Labute approximate surface area is 144 Å². The van der Waals surface area contributed by atoms with Gasteiger partial charge in [0.15, 0.2) is 0 Å². The van der Waals surface area contributed by atoms with Gasteiger partial charge < -0.3 is 19.9 Å². The molecule has 0 radical (unpaired) electrons. The summed E-state index contributed by atoms with van der Waals surface area (Å²) in [4.78, 5) is 23.5. The fourth-order valence-corrected chi connectivity index (χ4v) is 3.77. The molecule has 2 aliphatic heterocycles. The van der Waals surface area contributed by atoms with Gasteiger partial charge in [0.05, 0.1) is 18.6 Å². The van der Waals surface area contributed by atoms with Crippen molar-refractivity contribution in [1.29, 1.82) is 0 Å². The number of rotatable bonds is 6. The largest absolute Gasteiger partial charge is 0.491 e.